The van der Waals surface area contributed by atoms with Crippen molar-refractivity contribution in [3.63, 3.8) is 0 Å². The van der Waals surface area contributed by atoms with Crippen LogP contribution in [0.3, 0.4) is 0 Å². The van der Waals surface area contributed by atoms with Crippen molar-refractivity contribution >= 4 is 17.5 Å². The quantitative estimate of drug-likeness (QED) is 0.772. The summed E-state index contributed by atoms with van der Waals surface area (Å²) in [6.07, 6.45) is 3.18. The first kappa shape index (κ1) is 20.5. The predicted molar refractivity (Wildman–Crippen MR) is 104 cm³/mol. The normalized spacial score (nSPS) is 10.5. The van der Waals surface area contributed by atoms with E-state index in [1.165, 1.54) is 11.8 Å². The second-order valence-corrected chi connectivity index (χ2v) is 6.43. The zero-order valence-corrected chi connectivity index (χ0v) is 16.3. The number of nitrogens with one attached hydrogen (secondary N) is 1. The molecule has 7 heteroatoms. The van der Waals surface area contributed by atoms with Crippen LogP contribution in [-0.4, -0.2) is 53.5 Å². The summed E-state index contributed by atoms with van der Waals surface area (Å²) >= 11 is 0. The van der Waals surface area contributed by atoms with Crippen LogP contribution in [0.2, 0.25) is 0 Å². The van der Waals surface area contributed by atoms with E-state index in [0.717, 1.165) is 16.9 Å². The van der Waals surface area contributed by atoms with E-state index in [9.17, 15) is 9.59 Å². The summed E-state index contributed by atoms with van der Waals surface area (Å²) in [5.41, 5.74) is 4.03. The molecule has 2 aromatic rings. The standard InChI is InChI=1S/C20H26N4O3/c1-14-5-6-17(11-15(14)2)23-19(25)7-8-24(9-10-27-4)20(26)18-13-21-16(3)12-22-18/h5-6,11-13H,7-10H2,1-4H3,(H,23,25). The van der Waals surface area contributed by atoms with Gasteiger partial charge in [-0.05, 0) is 44.0 Å². The molecule has 0 aliphatic carbocycles. The van der Waals surface area contributed by atoms with Gasteiger partial charge in [-0.15, -0.1) is 0 Å². The molecule has 0 radical (unpaired) electrons. The van der Waals surface area contributed by atoms with Crippen molar-refractivity contribution < 1.29 is 14.3 Å². The highest BCUT2D eigenvalue weighted by Gasteiger charge is 2.18. The van der Waals surface area contributed by atoms with Crippen LogP contribution in [0.15, 0.2) is 30.6 Å². The molecule has 0 spiro atoms. The number of ether oxygens (including phenoxy) is 1. The number of carbonyl (C=O) groups excluding carboxylic acids is 2. The number of hydrogen-bond donors (Lipinski definition) is 1. The molecule has 0 aliphatic heterocycles. The lowest BCUT2D eigenvalue weighted by Crippen LogP contribution is -2.36. The number of aromatic nitrogens is 2. The van der Waals surface area contributed by atoms with Gasteiger partial charge in [-0.3, -0.25) is 14.6 Å². The second-order valence-electron chi connectivity index (χ2n) is 6.43. The Kier molecular flexibility index (Phi) is 7.43. The fourth-order valence-electron chi connectivity index (χ4n) is 2.46. The topological polar surface area (TPSA) is 84.4 Å². The molecule has 1 N–H and O–H groups in total. The molecule has 0 atom stereocenters. The Balaban J connectivity index is 1.98. The summed E-state index contributed by atoms with van der Waals surface area (Å²) in [5.74, 6) is -0.415. The Morgan fingerprint density at radius 1 is 1.07 bits per heavy atom. The third-order valence-corrected chi connectivity index (χ3v) is 4.25. The zero-order chi connectivity index (χ0) is 19.8. The van der Waals surface area contributed by atoms with Gasteiger partial charge >= 0.3 is 0 Å². The molecular formula is C20H26N4O3. The van der Waals surface area contributed by atoms with Crippen LogP contribution in [-0.2, 0) is 9.53 Å². The van der Waals surface area contributed by atoms with Crippen LogP contribution in [0.4, 0.5) is 5.69 Å². The summed E-state index contributed by atoms with van der Waals surface area (Å²) in [6.45, 7) is 6.86. The second kappa shape index (κ2) is 9.78. The van der Waals surface area contributed by atoms with Crippen molar-refractivity contribution in [2.45, 2.75) is 27.2 Å². The largest absolute Gasteiger partial charge is 0.383 e. The highest BCUT2D eigenvalue weighted by Crippen LogP contribution is 2.14. The molecular weight excluding hydrogens is 344 g/mol. The third kappa shape index (κ3) is 6.14. The molecule has 1 heterocycles. The molecule has 2 rings (SSSR count). The highest BCUT2D eigenvalue weighted by atomic mass is 16.5. The first-order valence-electron chi connectivity index (χ1n) is 8.84. The lowest BCUT2D eigenvalue weighted by molar-refractivity contribution is -0.116. The number of rotatable bonds is 8. The molecule has 0 fully saturated rings. The minimum absolute atomic E-state index is 0.150. The molecule has 1 aromatic carbocycles. The minimum atomic E-state index is -0.265. The molecule has 2 amide bonds. The van der Waals surface area contributed by atoms with Crippen molar-refractivity contribution in [3.05, 3.63) is 53.1 Å². The van der Waals surface area contributed by atoms with Crippen molar-refractivity contribution in [3.8, 4) is 0 Å². The van der Waals surface area contributed by atoms with Gasteiger partial charge in [0.15, 0.2) is 0 Å². The van der Waals surface area contributed by atoms with Crippen molar-refractivity contribution in [1.29, 1.82) is 0 Å². The number of methoxy groups -OCH3 is 1. The van der Waals surface area contributed by atoms with Gasteiger partial charge in [0.2, 0.25) is 5.91 Å². The van der Waals surface area contributed by atoms with E-state index >= 15 is 0 Å². The highest BCUT2D eigenvalue weighted by molar-refractivity contribution is 5.93. The SMILES string of the molecule is COCCN(CCC(=O)Nc1ccc(C)c(C)c1)C(=O)c1cnc(C)cn1. The van der Waals surface area contributed by atoms with Crippen molar-refractivity contribution in [2.24, 2.45) is 0 Å². The number of anilines is 1. The Morgan fingerprint density at radius 3 is 2.48 bits per heavy atom. The number of nitrogens with zero attached hydrogens (tertiary/aromatic N) is 3. The van der Waals surface area contributed by atoms with Crippen molar-refractivity contribution in [1.82, 2.24) is 14.9 Å². The third-order valence-electron chi connectivity index (χ3n) is 4.25. The number of aryl methyl sites for hydroxylation is 3. The smallest absolute Gasteiger partial charge is 0.274 e. The molecule has 0 saturated heterocycles. The van der Waals surface area contributed by atoms with Crippen molar-refractivity contribution in [2.75, 3.05) is 32.1 Å². The Labute approximate surface area is 159 Å². The van der Waals surface area contributed by atoms with Gasteiger partial charge in [0, 0.05) is 38.5 Å². The number of carbonyl (C=O) groups is 2. The van der Waals surface area contributed by atoms with Gasteiger partial charge in [-0.25, -0.2) is 4.98 Å². The van der Waals surface area contributed by atoms with Crippen LogP contribution >= 0.6 is 0 Å². The first-order valence-corrected chi connectivity index (χ1v) is 8.84. The Hall–Kier alpha value is -2.80. The van der Waals surface area contributed by atoms with Crippen LogP contribution in [0.5, 0.6) is 0 Å². The van der Waals surface area contributed by atoms with Gasteiger partial charge < -0.3 is 15.0 Å². The number of hydrogen-bond acceptors (Lipinski definition) is 5. The van der Waals surface area contributed by atoms with Crippen LogP contribution in [0, 0.1) is 20.8 Å². The molecule has 7 nitrogen and oxygen atoms in total. The average molecular weight is 370 g/mol. The number of benzene rings is 1. The van der Waals surface area contributed by atoms with E-state index in [2.05, 4.69) is 15.3 Å². The predicted octanol–water partition coefficient (Wildman–Crippen LogP) is 2.52. The lowest BCUT2D eigenvalue weighted by atomic mass is 10.1. The van der Waals surface area contributed by atoms with E-state index < -0.39 is 0 Å². The Bertz CT molecular complexity index is 790. The van der Waals surface area contributed by atoms with Crippen LogP contribution in [0.1, 0.15) is 33.7 Å². The first-order chi connectivity index (χ1) is 12.9. The Morgan fingerprint density at radius 2 is 1.85 bits per heavy atom. The van der Waals surface area contributed by atoms with Gasteiger partial charge in [0.25, 0.3) is 5.91 Å². The molecule has 27 heavy (non-hydrogen) atoms. The molecule has 144 valence electrons. The van der Waals surface area contributed by atoms with E-state index in [-0.39, 0.29) is 30.5 Å². The monoisotopic (exact) mass is 370 g/mol. The molecule has 0 bridgehead atoms. The molecule has 0 saturated carbocycles. The summed E-state index contributed by atoms with van der Waals surface area (Å²) in [7, 11) is 1.57. The van der Waals surface area contributed by atoms with E-state index in [1.54, 1.807) is 25.1 Å². The summed E-state index contributed by atoms with van der Waals surface area (Å²) in [5, 5.41) is 2.87. The van der Waals surface area contributed by atoms with Gasteiger partial charge in [0.05, 0.1) is 18.5 Å². The fourth-order valence-corrected chi connectivity index (χ4v) is 2.46. The summed E-state index contributed by atoms with van der Waals surface area (Å²) in [6, 6.07) is 5.77. The van der Waals surface area contributed by atoms with Gasteiger partial charge in [-0.1, -0.05) is 6.07 Å². The van der Waals surface area contributed by atoms with E-state index in [4.69, 9.17) is 4.74 Å². The van der Waals surface area contributed by atoms with Gasteiger partial charge in [0.1, 0.15) is 5.69 Å². The summed E-state index contributed by atoms with van der Waals surface area (Å²) in [4.78, 5) is 34.7. The van der Waals surface area contributed by atoms with E-state index in [1.807, 2.05) is 32.0 Å². The maximum Gasteiger partial charge on any atom is 0.274 e. The fraction of sp³-hybridized carbons (Fsp3) is 0.400. The maximum atomic E-state index is 12.7. The maximum absolute atomic E-state index is 12.7. The van der Waals surface area contributed by atoms with Gasteiger partial charge in [-0.2, -0.15) is 0 Å². The minimum Gasteiger partial charge on any atom is -0.383 e. The number of amides is 2. The van der Waals surface area contributed by atoms with Crippen LogP contribution in [0.25, 0.3) is 0 Å². The average Bonchev–Trinajstić information content (AvgIpc) is 2.65. The zero-order valence-electron chi connectivity index (χ0n) is 16.3. The molecule has 0 aliphatic rings. The van der Waals surface area contributed by atoms with Crippen LogP contribution < -0.4 is 5.32 Å². The van der Waals surface area contributed by atoms with E-state index in [0.29, 0.717) is 13.2 Å². The molecule has 1 aromatic heterocycles. The molecule has 0 unspecified atom stereocenters. The summed E-state index contributed by atoms with van der Waals surface area (Å²) < 4.78 is 5.07. The lowest BCUT2D eigenvalue weighted by Gasteiger charge is -2.21.